The molecule has 12 heavy (non-hydrogen) atoms. The van der Waals surface area contributed by atoms with E-state index in [1.54, 1.807) is 0 Å². The fourth-order valence-electron chi connectivity index (χ4n) is 0.913. The van der Waals surface area contributed by atoms with Crippen LogP contribution in [0.5, 0.6) is 0 Å². The number of hydrogen-bond acceptors (Lipinski definition) is 1. The van der Waals surface area contributed by atoms with Gasteiger partial charge in [0.25, 0.3) is 0 Å². The van der Waals surface area contributed by atoms with Crippen LogP contribution in [0, 0.1) is 5.92 Å². The third-order valence-corrected chi connectivity index (χ3v) is 1.83. The molecule has 1 N–H and O–H groups in total. The van der Waals surface area contributed by atoms with Crippen molar-refractivity contribution < 1.29 is 0 Å². The van der Waals surface area contributed by atoms with E-state index >= 15 is 0 Å². The largest absolute Gasteiger partial charge is 0.316 e. The molecule has 0 bridgehead atoms. The lowest BCUT2D eigenvalue weighted by molar-refractivity contribution is 0.564. The molecule has 0 rings (SSSR count). The highest BCUT2D eigenvalue weighted by Gasteiger charge is 1.93. The molecular formula is C10H22ClN. The zero-order valence-electron chi connectivity index (χ0n) is 8.31. The van der Waals surface area contributed by atoms with Gasteiger partial charge in [-0.3, -0.25) is 0 Å². The van der Waals surface area contributed by atoms with Crippen LogP contribution in [0.4, 0.5) is 0 Å². The number of nitrogens with one attached hydrogen (secondary N) is 1. The first kappa shape index (κ1) is 14.5. The van der Waals surface area contributed by atoms with Crippen LogP contribution in [0.2, 0.25) is 0 Å². The van der Waals surface area contributed by atoms with Gasteiger partial charge < -0.3 is 5.32 Å². The highest BCUT2D eigenvalue weighted by atomic mass is 35.5. The van der Waals surface area contributed by atoms with Crippen LogP contribution >= 0.6 is 12.4 Å². The second-order valence-corrected chi connectivity index (χ2v) is 3.12. The summed E-state index contributed by atoms with van der Waals surface area (Å²) < 4.78 is 0. The Kier molecular flexibility index (Phi) is 13.3. The van der Waals surface area contributed by atoms with E-state index in [0.717, 1.165) is 13.1 Å². The first-order valence-electron chi connectivity index (χ1n) is 4.64. The monoisotopic (exact) mass is 191 g/mol. The van der Waals surface area contributed by atoms with Crippen molar-refractivity contribution in [3.63, 3.8) is 0 Å². The third kappa shape index (κ3) is 9.99. The molecule has 0 spiro atoms. The minimum atomic E-state index is 0. The van der Waals surface area contributed by atoms with Crippen molar-refractivity contribution in [2.45, 2.75) is 33.1 Å². The summed E-state index contributed by atoms with van der Waals surface area (Å²) in [5.74, 6) is 0.608. The van der Waals surface area contributed by atoms with Crippen molar-refractivity contribution in [3.05, 3.63) is 12.7 Å². The number of halogens is 1. The molecule has 0 radical (unpaired) electrons. The van der Waals surface area contributed by atoms with Gasteiger partial charge in [-0.2, -0.15) is 0 Å². The van der Waals surface area contributed by atoms with Gasteiger partial charge in [0, 0.05) is 6.54 Å². The summed E-state index contributed by atoms with van der Waals surface area (Å²) in [6.07, 6.45) is 5.95. The van der Waals surface area contributed by atoms with Gasteiger partial charge in [-0.25, -0.2) is 0 Å². The van der Waals surface area contributed by atoms with E-state index in [0.29, 0.717) is 5.92 Å². The predicted molar refractivity (Wildman–Crippen MR) is 59.0 cm³/mol. The van der Waals surface area contributed by atoms with Crippen LogP contribution in [0.3, 0.4) is 0 Å². The molecule has 0 aliphatic rings. The van der Waals surface area contributed by atoms with Crippen molar-refractivity contribution in [3.8, 4) is 0 Å². The molecule has 1 atom stereocenters. The molecule has 0 heterocycles. The Morgan fingerprint density at radius 3 is 2.58 bits per heavy atom. The molecule has 0 fully saturated rings. The summed E-state index contributed by atoms with van der Waals surface area (Å²) >= 11 is 0. The van der Waals surface area contributed by atoms with Crippen LogP contribution in [0.15, 0.2) is 12.7 Å². The first-order valence-corrected chi connectivity index (χ1v) is 4.64. The fourth-order valence-corrected chi connectivity index (χ4v) is 0.913. The van der Waals surface area contributed by atoms with E-state index in [2.05, 4.69) is 25.7 Å². The van der Waals surface area contributed by atoms with Gasteiger partial charge in [0.2, 0.25) is 0 Å². The summed E-state index contributed by atoms with van der Waals surface area (Å²) in [5.41, 5.74) is 0. The zero-order chi connectivity index (χ0) is 8.53. The molecule has 0 aromatic carbocycles. The van der Waals surface area contributed by atoms with Crippen molar-refractivity contribution in [1.29, 1.82) is 0 Å². The molecule has 0 aromatic heterocycles. The van der Waals surface area contributed by atoms with Gasteiger partial charge in [0.05, 0.1) is 0 Å². The fraction of sp³-hybridized carbons (Fsp3) is 0.800. The van der Waals surface area contributed by atoms with E-state index < -0.39 is 0 Å². The maximum absolute atomic E-state index is 3.74. The smallest absolute Gasteiger partial charge is 0.00114 e. The number of unbranched alkanes of at least 4 members (excludes halogenated alkanes) is 2. The summed E-state index contributed by atoms with van der Waals surface area (Å²) in [5, 5.41) is 3.40. The SMILES string of the molecule is C=CC(C)CNCCCCC.Cl. The Bertz CT molecular complexity index is 93.8. The molecule has 74 valence electrons. The zero-order valence-corrected chi connectivity index (χ0v) is 9.12. The van der Waals surface area contributed by atoms with Crippen LogP contribution in [-0.4, -0.2) is 13.1 Å². The molecule has 0 amide bonds. The van der Waals surface area contributed by atoms with Crippen molar-refractivity contribution >= 4 is 12.4 Å². The first-order chi connectivity index (χ1) is 5.31. The predicted octanol–water partition coefficient (Wildman–Crippen LogP) is 3.01. The van der Waals surface area contributed by atoms with Gasteiger partial charge in [0.15, 0.2) is 0 Å². The van der Waals surface area contributed by atoms with Crippen molar-refractivity contribution in [2.24, 2.45) is 5.92 Å². The Hall–Kier alpha value is -0.0100. The number of hydrogen-bond donors (Lipinski definition) is 1. The van der Waals surface area contributed by atoms with E-state index in [1.807, 2.05) is 6.08 Å². The molecule has 0 aromatic rings. The Morgan fingerprint density at radius 1 is 1.42 bits per heavy atom. The molecule has 1 unspecified atom stereocenters. The molecule has 0 saturated heterocycles. The summed E-state index contributed by atoms with van der Waals surface area (Å²) in [6, 6.07) is 0. The Morgan fingerprint density at radius 2 is 2.08 bits per heavy atom. The molecule has 0 aliphatic carbocycles. The van der Waals surface area contributed by atoms with Gasteiger partial charge in [-0.15, -0.1) is 19.0 Å². The third-order valence-electron chi connectivity index (χ3n) is 1.83. The van der Waals surface area contributed by atoms with Gasteiger partial charge in [0.1, 0.15) is 0 Å². The molecule has 0 aliphatic heterocycles. The second kappa shape index (κ2) is 11.0. The lowest BCUT2D eigenvalue weighted by Crippen LogP contribution is -2.20. The lowest BCUT2D eigenvalue weighted by atomic mass is 10.2. The highest BCUT2D eigenvalue weighted by Crippen LogP contribution is 1.94. The van der Waals surface area contributed by atoms with Crippen LogP contribution in [0.25, 0.3) is 0 Å². The van der Waals surface area contributed by atoms with Crippen molar-refractivity contribution in [2.75, 3.05) is 13.1 Å². The maximum atomic E-state index is 3.74. The highest BCUT2D eigenvalue weighted by molar-refractivity contribution is 5.85. The molecule has 2 heteroatoms. The topological polar surface area (TPSA) is 12.0 Å². The van der Waals surface area contributed by atoms with Gasteiger partial charge in [-0.05, 0) is 18.9 Å². The van der Waals surface area contributed by atoms with E-state index in [1.165, 1.54) is 19.3 Å². The lowest BCUT2D eigenvalue weighted by Gasteiger charge is -2.06. The Balaban J connectivity index is 0. The quantitative estimate of drug-likeness (QED) is 0.482. The van der Waals surface area contributed by atoms with E-state index in [9.17, 15) is 0 Å². The van der Waals surface area contributed by atoms with Crippen LogP contribution in [0.1, 0.15) is 33.1 Å². The van der Waals surface area contributed by atoms with E-state index in [4.69, 9.17) is 0 Å². The maximum Gasteiger partial charge on any atom is 0.00114 e. The second-order valence-electron chi connectivity index (χ2n) is 3.12. The molecule has 0 saturated carbocycles. The van der Waals surface area contributed by atoms with Gasteiger partial charge in [-0.1, -0.05) is 32.8 Å². The minimum absolute atomic E-state index is 0. The average molecular weight is 192 g/mol. The Labute approximate surface area is 83.0 Å². The summed E-state index contributed by atoms with van der Waals surface area (Å²) in [7, 11) is 0. The number of rotatable bonds is 7. The van der Waals surface area contributed by atoms with Crippen molar-refractivity contribution in [1.82, 2.24) is 5.32 Å². The van der Waals surface area contributed by atoms with Gasteiger partial charge >= 0.3 is 0 Å². The standard InChI is InChI=1S/C10H21N.ClH/c1-4-6-7-8-11-9-10(3)5-2;/h5,10-11H,2,4,6-9H2,1,3H3;1H. The summed E-state index contributed by atoms with van der Waals surface area (Å²) in [6.45, 7) is 10.4. The molecule has 1 nitrogen and oxygen atoms in total. The van der Waals surface area contributed by atoms with E-state index in [-0.39, 0.29) is 12.4 Å². The van der Waals surface area contributed by atoms with Crippen LogP contribution in [-0.2, 0) is 0 Å². The minimum Gasteiger partial charge on any atom is -0.316 e. The normalized spacial score (nSPS) is 11.8. The average Bonchev–Trinajstić information content (AvgIpc) is 2.04. The summed E-state index contributed by atoms with van der Waals surface area (Å²) in [4.78, 5) is 0. The molecular weight excluding hydrogens is 170 g/mol. The van der Waals surface area contributed by atoms with Crippen LogP contribution < -0.4 is 5.32 Å².